The minimum Gasteiger partial charge on any atom is -0.324 e. The van der Waals surface area contributed by atoms with E-state index in [9.17, 15) is 9.59 Å². The van der Waals surface area contributed by atoms with Crippen molar-refractivity contribution in [3.05, 3.63) is 59.7 Å². The lowest BCUT2D eigenvalue weighted by atomic mass is 10.0. The molecule has 0 aromatic heterocycles. The van der Waals surface area contributed by atoms with E-state index in [4.69, 9.17) is 0 Å². The van der Waals surface area contributed by atoms with Crippen molar-refractivity contribution >= 4 is 23.4 Å². The Morgan fingerprint density at radius 2 is 1.12 bits per heavy atom. The van der Waals surface area contributed by atoms with Crippen LogP contribution in [-0.4, -0.2) is 48.0 Å². The molecule has 33 heavy (non-hydrogen) atoms. The maximum Gasteiger partial charge on any atom is 0.321 e. The highest BCUT2D eigenvalue weighted by Crippen LogP contribution is 2.20. The molecule has 2 aliphatic rings. The lowest BCUT2D eigenvalue weighted by Crippen LogP contribution is -2.41. The van der Waals surface area contributed by atoms with Crippen molar-refractivity contribution in [2.24, 2.45) is 11.8 Å². The van der Waals surface area contributed by atoms with Gasteiger partial charge in [-0.1, -0.05) is 38.1 Å². The minimum absolute atomic E-state index is 0.00838. The molecule has 0 spiro atoms. The fourth-order valence-electron chi connectivity index (χ4n) is 4.80. The molecule has 0 bridgehead atoms. The fourth-order valence-corrected chi connectivity index (χ4v) is 4.80. The van der Waals surface area contributed by atoms with Crippen LogP contribution < -0.4 is 10.6 Å². The molecule has 6 heteroatoms. The number of nitrogens with one attached hydrogen (secondary N) is 2. The van der Waals surface area contributed by atoms with E-state index >= 15 is 0 Å². The topological polar surface area (TPSA) is 64.7 Å². The van der Waals surface area contributed by atoms with Crippen LogP contribution in [0.1, 0.15) is 50.7 Å². The van der Waals surface area contributed by atoms with Gasteiger partial charge in [0.15, 0.2) is 0 Å². The Morgan fingerprint density at radius 1 is 0.727 bits per heavy atom. The first kappa shape index (κ1) is 23.1. The molecule has 0 unspecified atom stereocenters. The van der Waals surface area contributed by atoms with E-state index in [1.54, 1.807) is 0 Å². The van der Waals surface area contributed by atoms with Gasteiger partial charge in [-0.05, 0) is 79.3 Å². The zero-order chi connectivity index (χ0) is 23.2. The maximum atomic E-state index is 12.5. The Balaban J connectivity index is 1.27. The molecular formula is C27H36N4O2. The Hall–Kier alpha value is -3.02. The number of hydrogen-bond donors (Lipinski definition) is 2. The van der Waals surface area contributed by atoms with Crippen LogP contribution in [-0.2, 0) is 6.42 Å². The molecule has 4 rings (SSSR count). The predicted octanol–water partition coefficient (Wildman–Crippen LogP) is 5.81. The monoisotopic (exact) mass is 448 g/mol. The van der Waals surface area contributed by atoms with E-state index in [-0.39, 0.29) is 12.1 Å². The first-order valence-electron chi connectivity index (χ1n) is 12.3. The van der Waals surface area contributed by atoms with Crippen LogP contribution in [0.5, 0.6) is 0 Å². The van der Waals surface area contributed by atoms with Crippen LogP contribution in [0.2, 0.25) is 0 Å². The van der Waals surface area contributed by atoms with Crippen LogP contribution in [0.15, 0.2) is 48.5 Å². The highest BCUT2D eigenvalue weighted by molar-refractivity contribution is 5.90. The number of benzene rings is 2. The van der Waals surface area contributed by atoms with Crippen LogP contribution >= 0.6 is 0 Å². The minimum atomic E-state index is -0.00838. The van der Waals surface area contributed by atoms with Gasteiger partial charge in [-0.15, -0.1) is 0 Å². The summed E-state index contributed by atoms with van der Waals surface area (Å²) in [6.45, 7) is 7.73. The molecule has 2 atom stereocenters. The van der Waals surface area contributed by atoms with E-state index in [1.165, 1.54) is 24.0 Å². The largest absolute Gasteiger partial charge is 0.324 e. The summed E-state index contributed by atoms with van der Waals surface area (Å²) in [5.74, 6) is 1.14. The third-order valence-corrected chi connectivity index (χ3v) is 6.71. The molecular weight excluding hydrogens is 412 g/mol. The second kappa shape index (κ2) is 10.7. The number of anilines is 2. The van der Waals surface area contributed by atoms with E-state index in [0.29, 0.717) is 11.8 Å². The molecule has 0 saturated carbocycles. The van der Waals surface area contributed by atoms with Gasteiger partial charge >= 0.3 is 12.1 Å². The highest BCUT2D eigenvalue weighted by Gasteiger charge is 2.21. The van der Waals surface area contributed by atoms with E-state index in [1.807, 2.05) is 34.1 Å². The zero-order valence-corrected chi connectivity index (χ0v) is 19.8. The summed E-state index contributed by atoms with van der Waals surface area (Å²) in [5, 5.41) is 6.04. The summed E-state index contributed by atoms with van der Waals surface area (Å²) >= 11 is 0. The van der Waals surface area contributed by atoms with Gasteiger partial charge in [-0.2, -0.15) is 0 Å². The summed E-state index contributed by atoms with van der Waals surface area (Å²) in [5.41, 5.74) is 4.01. The van der Waals surface area contributed by atoms with Crippen molar-refractivity contribution in [1.82, 2.24) is 9.80 Å². The van der Waals surface area contributed by atoms with Gasteiger partial charge in [0.1, 0.15) is 0 Å². The first-order valence-corrected chi connectivity index (χ1v) is 12.3. The van der Waals surface area contributed by atoms with Gasteiger partial charge < -0.3 is 20.4 Å². The van der Waals surface area contributed by atoms with Gasteiger partial charge in [0.2, 0.25) is 0 Å². The number of amides is 4. The van der Waals surface area contributed by atoms with E-state index in [0.717, 1.165) is 56.8 Å². The van der Waals surface area contributed by atoms with Crippen LogP contribution in [0, 0.1) is 11.8 Å². The molecule has 176 valence electrons. The van der Waals surface area contributed by atoms with Crippen molar-refractivity contribution in [2.45, 2.75) is 46.0 Å². The second-order valence-corrected chi connectivity index (χ2v) is 9.82. The molecule has 2 heterocycles. The van der Waals surface area contributed by atoms with E-state index < -0.39 is 0 Å². The SMILES string of the molecule is C[C@H]1CCCN(C(=O)Nc2ccc(Cc3ccc(NC(=O)N4CCC[C@H](C)C4)cc3)cc2)C1. The van der Waals surface area contributed by atoms with Gasteiger partial charge in [0.25, 0.3) is 0 Å². The number of urea groups is 2. The Labute approximate surface area is 197 Å². The fraction of sp³-hybridized carbons (Fsp3) is 0.481. The van der Waals surface area contributed by atoms with Gasteiger partial charge in [-0.25, -0.2) is 9.59 Å². The first-order chi connectivity index (χ1) is 16.0. The lowest BCUT2D eigenvalue weighted by molar-refractivity contribution is 0.182. The second-order valence-electron chi connectivity index (χ2n) is 9.82. The maximum absolute atomic E-state index is 12.5. The van der Waals surface area contributed by atoms with Gasteiger partial charge in [-0.3, -0.25) is 0 Å². The summed E-state index contributed by atoms with van der Waals surface area (Å²) < 4.78 is 0. The van der Waals surface area contributed by atoms with Crippen LogP contribution in [0.3, 0.4) is 0 Å². The van der Waals surface area contributed by atoms with Gasteiger partial charge in [0.05, 0.1) is 0 Å². The zero-order valence-electron chi connectivity index (χ0n) is 19.8. The normalized spacial score (nSPS) is 20.9. The lowest BCUT2D eigenvalue weighted by Gasteiger charge is -2.31. The van der Waals surface area contributed by atoms with Crippen molar-refractivity contribution in [3.63, 3.8) is 0 Å². The summed E-state index contributed by atoms with van der Waals surface area (Å²) in [6.07, 6.45) is 5.35. The van der Waals surface area contributed by atoms with Crippen molar-refractivity contribution in [1.29, 1.82) is 0 Å². The van der Waals surface area contributed by atoms with E-state index in [2.05, 4.69) is 48.7 Å². The number of piperidine rings is 2. The van der Waals surface area contributed by atoms with Crippen molar-refractivity contribution < 1.29 is 9.59 Å². The smallest absolute Gasteiger partial charge is 0.321 e. The molecule has 2 aliphatic heterocycles. The molecule has 2 saturated heterocycles. The molecule has 6 nitrogen and oxygen atoms in total. The number of rotatable bonds is 4. The molecule has 0 radical (unpaired) electrons. The molecule has 2 aromatic rings. The summed E-state index contributed by atoms with van der Waals surface area (Å²) in [6, 6.07) is 16.1. The van der Waals surface area contributed by atoms with Gasteiger partial charge in [0, 0.05) is 37.6 Å². The molecule has 2 aromatic carbocycles. The predicted molar refractivity (Wildman–Crippen MR) is 134 cm³/mol. The average molecular weight is 449 g/mol. The third kappa shape index (κ3) is 6.50. The number of nitrogens with zero attached hydrogens (tertiary/aromatic N) is 2. The Morgan fingerprint density at radius 3 is 1.48 bits per heavy atom. The summed E-state index contributed by atoms with van der Waals surface area (Å²) in [4.78, 5) is 28.8. The van der Waals surface area contributed by atoms with Crippen molar-refractivity contribution in [3.8, 4) is 0 Å². The van der Waals surface area contributed by atoms with Crippen LogP contribution in [0.25, 0.3) is 0 Å². The average Bonchev–Trinajstić information content (AvgIpc) is 2.81. The molecule has 2 N–H and O–H groups in total. The van der Waals surface area contributed by atoms with Crippen LogP contribution in [0.4, 0.5) is 21.0 Å². The number of carbonyl (C=O) groups excluding carboxylic acids is 2. The standard InChI is InChI=1S/C27H36N4O2/c1-20-5-3-15-30(18-20)26(32)28-24-11-7-22(8-12-24)17-23-9-13-25(14-10-23)29-27(33)31-16-4-6-21(2)19-31/h7-14,20-21H,3-6,15-19H2,1-2H3,(H,28,32)(H,29,33)/t20-,21-/m0/s1. The quantitative estimate of drug-likeness (QED) is 0.620. The van der Waals surface area contributed by atoms with Crippen molar-refractivity contribution in [2.75, 3.05) is 36.8 Å². The molecule has 0 aliphatic carbocycles. The third-order valence-electron chi connectivity index (χ3n) is 6.71. The Bertz CT molecular complexity index is 864. The number of likely N-dealkylation sites (tertiary alicyclic amines) is 2. The number of hydrogen-bond acceptors (Lipinski definition) is 2. The molecule has 4 amide bonds. The summed E-state index contributed by atoms with van der Waals surface area (Å²) in [7, 11) is 0. The molecule has 2 fully saturated rings. The number of carbonyl (C=O) groups is 2. The highest BCUT2D eigenvalue weighted by atomic mass is 16.2. The Kier molecular flexibility index (Phi) is 7.53.